The molecule has 0 radical (unpaired) electrons. The van der Waals surface area contributed by atoms with Crippen molar-refractivity contribution in [1.82, 2.24) is 9.97 Å². The molecular formula is C10H10N2OS. The number of hydrogen-bond acceptors (Lipinski definition) is 3. The maximum absolute atomic E-state index is 11.1. The summed E-state index contributed by atoms with van der Waals surface area (Å²) in [7, 11) is 0. The van der Waals surface area contributed by atoms with Crippen LogP contribution in [0.5, 0.6) is 0 Å². The first-order chi connectivity index (χ1) is 6.68. The average molecular weight is 206 g/mol. The Bertz CT molecular complexity index is 456. The Morgan fingerprint density at radius 1 is 1.57 bits per heavy atom. The second-order valence-corrected chi connectivity index (χ2v) is 4.27. The monoisotopic (exact) mass is 206 g/mol. The zero-order valence-corrected chi connectivity index (χ0v) is 8.81. The fraction of sp³-hybridized carbons (Fsp3) is 0.200. The van der Waals surface area contributed by atoms with E-state index in [0.717, 1.165) is 16.3 Å². The van der Waals surface area contributed by atoms with E-state index < -0.39 is 0 Å². The molecule has 0 saturated heterocycles. The molecule has 0 aliphatic rings. The van der Waals surface area contributed by atoms with E-state index in [1.165, 1.54) is 18.3 Å². The first-order valence-corrected chi connectivity index (χ1v) is 5.12. The largest absolute Gasteiger partial charge is 0.360 e. The molecule has 0 unspecified atom stereocenters. The van der Waals surface area contributed by atoms with Gasteiger partial charge in [-0.05, 0) is 19.1 Å². The van der Waals surface area contributed by atoms with Crippen LogP contribution in [-0.4, -0.2) is 15.8 Å². The molecule has 0 spiro atoms. The summed E-state index contributed by atoms with van der Waals surface area (Å²) in [5.41, 5.74) is 1.84. The summed E-state index contributed by atoms with van der Waals surface area (Å²) in [5.74, 6) is 0.0240. The number of Topliss-reactive ketones (excluding diaryl/α,β-unsaturated/α-hetero) is 1. The van der Waals surface area contributed by atoms with Crippen molar-refractivity contribution in [2.75, 3.05) is 0 Å². The van der Waals surface area contributed by atoms with E-state index >= 15 is 0 Å². The van der Waals surface area contributed by atoms with Crippen LogP contribution in [0.1, 0.15) is 21.6 Å². The molecular weight excluding hydrogens is 196 g/mol. The van der Waals surface area contributed by atoms with Crippen molar-refractivity contribution in [3.05, 3.63) is 28.2 Å². The minimum Gasteiger partial charge on any atom is -0.360 e. The molecule has 2 aromatic rings. The summed E-state index contributed by atoms with van der Waals surface area (Å²) < 4.78 is 0. The number of thiazole rings is 1. The van der Waals surface area contributed by atoms with Gasteiger partial charge in [-0.25, -0.2) is 4.98 Å². The number of aromatic nitrogens is 2. The normalized spacial score (nSPS) is 10.4. The van der Waals surface area contributed by atoms with Gasteiger partial charge in [0.2, 0.25) is 0 Å². The van der Waals surface area contributed by atoms with Gasteiger partial charge < -0.3 is 4.98 Å². The van der Waals surface area contributed by atoms with E-state index in [1.54, 1.807) is 0 Å². The van der Waals surface area contributed by atoms with E-state index in [0.29, 0.717) is 5.01 Å². The number of hydrogen-bond donors (Lipinski definition) is 1. The molecule has 14 heavy (non-hydrogen) atoms. The lowest BCUT2D eigenvalue weighted by atomic mass is 10.3. The van der Waals surface area contributed by atoms with Crippen molar-refractivity contribution in [2.24, 2.45) is 0 Å². The topological polar surface area (TPSA) is 45.8 Å². The number of rotatable bonds is 2. The third kappa shape index (κ3) is 1.48. The van der Waals surface area contributed by atoms with Gasteiger partial charge in [0.25, 0.3) is 0 Å². The summed E-state index contributed by atoms with van der Waals surface area (Å²) >= 11 is 1.44. The van der Waals surface area contributed by atoms with Crippen LogP contribution >= 0.6 is 11.3 Å². The Hall–Kier alpha value is -1.42. The predicted octanol–water partition coefficient (Wildman–Crippen LogP) is 2.65. The highest BCUT2D eigenvalue weighted by molar-refractivity contribution is 7.14. The molecule has 0 bridgehead atoms. The quantitative estimate of drug-likeness (QED) is 0.768. The second kappa shape index (κ2) is 3.38. The van der Waals surface area contributed by atoms with Crippen LogP contribution in [0.15, 0.2) is 18.3 Å². The molecule has 0 amide bonds. The van der Waals surface area contributed by atoms with E-state index in [4.69, 9.17) is 0 Å². The molecule has 72 valence electrons. The Labute approximate surface area is 85.8 Å². The summed E-state index contributed by atoms with van der Waals surface area (Å²) in [4.78, 5) is 19.6. The molecule has 3 nitrogen and oxygen atoms in total. The standard InChI is InChI=1S/C10H10N2OS/c1-6(13)10-12-9(7(2)14-10)8-4-3-5-11-8/h3-5,11H,1-2H3. The molecule has 0 saturated carbocycles. The maximum atomic E-state index is 11.1. The minimum atomic E-state index is 0.0240. The molecule has 2 heterocycles. The number of aryl methyl sites for hydroxylation is 1. The number of aromatic amines is 1. The smallest absolute Gasteiger partial charge is 0.188 e. The molecule has 0 aliphatic heterocycles. The lowest BCUT2D eigenvalue weighted by Crippen LogP contribution is -1.89. The predicted molar refractivity (Wildman–Crippen MR) is 56.6 cm³/mol. The fourth-order valence-electron chi connectivity index (χ4n) is 1.27. The van der Waals surface area contributed by atoms with Crippen LogP contribution in [-0.2, 0) is 0 Å². The van der Waals surface area contributed by atoms with Gasteiger partial charge in [-0.3, -0.25) is 4.79 Å². The van der Waals surface area contributed by atoms with Gasteiger partial charge in [-0.2, -0.15) is 0 Å². The van der Waals surface area contributed by atoms with Crippen molar-refractivity contribution in [3.63, 3.8) is 0 Å². The molecule has 0 fully saturated rings. The third-order valence-electron chi connectivity index (χ3n) is 1.95. The first kappa shape index (κ1) is 9.15. The van der Waals surface area contributed by atoms with Crippen LogP contribution in [0.2, 0.25) is 0 Å². The molecule has 2 rings (SSSR count). The zero-order valence-electron chi connectivity index (χ0n) is 8.00. The van der Waals surface area contributed by atoms with E-state index in [-0.39, 0.29) is 5.78 Å². The Morgan fingerprint density at radius 3 is 2.86 bits per heavy atom. The van der Waals surface area contributed by atoms with Crippen molar-refractivity contribution < 1.29 is 4.79 Å². The molecule has 4 heteroatoms. The van der Waals surface area contributed by atoms with E-state index in [9.17, 15) is 4.79 Å². The van der Waals surface area contributed by atoms with Gasteiger partial charge in [-0.1, -0.05) is 0 Å². The first-order valence-electron chi connectivity index (χ1n) is 4.30. The average Bonchev–Trinajstić information content (AvgIpc) is 2.71. The number of nitrogens with one attached hydrogen (secondary N) is 1. The highest BCUT2D eigenvalue weighted by atomic mass is 32.1. The van der Waals surface area contributed by atoms with Gasteiger partial charge in [0.15, 0.2) is 10.8 Å². The zero-order chi connectivity index (χ0) is 10.1. The van der Waals surface area contributed by atoms with E-state index in [1.807, 2.05) is 25.3 Å². The van der Waals surface area contributed by atoms with Crippen molar-refractivity contribution in [3.8, 4) is 11.4 Å². The van der Waals surface area contributed by atoms with Gasteiger partial charge >= 0.3 is 0 Å². The van der Waals surface area contributed by atoms with Gasteiger partial charge in [-0.15, -0.1) is 11.3 Å². The van der Waals surface area contributed by atoms with Gasteiger partial charge in [0.05, 0.1) is 5.69 Å². The van der Waals surface area contributed by atoms with E-state index in [2.05, 4.69) is 9.97 Å². The maximum Gasteiger partial charge on any atom is 0.188 e. The number of nitrogens with zero attached hydrogens (tertiary/aromatic N) is 1. The van der Waals surface area contributed by atoms with Crippen LogP contribution in [0.4, 0.5) is 0 Å². The summed E-state index contributed by atoms with van der Waals surface area (Å²) in [6.07, 6.45) is 1.85. The lowest BCUT2D eigenvalue weighted by Gasteiger charge is -1.91. The molecule has 2 aromatic heterocycles. The molecule has 0 aromatic carbocycles. The van der Waals surface area contributed by atoms with Crippen LogP contribution < -0.4 is 0 Å². The van der Waals surface area contributed by atoms with Crippen LogP contribution in [0.25, 0.3) is 11.4 Å². The third-order valence-corrected chi connectivity index (χ3v) is 3.02. The lowest BCUT2D eigenvalue weighted by molar-refractivity contribution is 0.101. The Balaban J connectivity index is 2.50. The molecule has 0 atom stereocenters. The Kier molecular flexibility index (Phi) is 2.21. The van der Waals surface area contributed by atoms with Crippen molar-refractivity contribution in [2.45, 2.75) is 13.8 Å². The van der Waals surface area contributed by atoms with Gasteiger partial charge in [0, 0.05) is 18.0 Å². The van der Waals surface area contributed by atoms with Crippen LogP contribution in [0.3, 0.4) is 0 Å². The second-order valence-electron chi connectivity index (χ2n) is 3.06. The number of H-pyrrole nitrogens is 1. The summed E-state index contributed by atoms with van der Waals surface area (Å²) in [6.45, 7) is 3.51. The molecule has 1 N–H and O–H groups in total. The number of carbonyl (C=O) groups excluding carboxylic acids is 1. The van der Waals surface area contributed by atoms with Crippen LogP contribution in [0, 0.1) is 6.92 Å². The number of ketones is 1. The van der Waals surface area contributed by atoms with Gasteiger partial charge in [0.1, 0.15) is 5.69 Å². The summed E-state index contributed by atoms with van der Waals surface area (Å²) in [5, 5.41) is 0.576. The van der Waals surface area contributed by atoms with Crippen molar-refractivity contribution in [1.29, 1.82) is 0 Å². The fourth-order valence-corrected chi connectivity index (χ4v) is 2.10. The Morgan fingerprint density at radius 2 is 2.36 bits per heavy atom. The van der Waals surface area contributed by atoms with Crippen molar-refractivity contribution >= 4 is 17.1 Å². The minimum absolute atomic E-state index is 0.0240. The molecule has 0 aliphatic carbocycles. The summed E-state index contributed by atoms with van der Waals surface area (Å²) in [6, 6.07) is 3.87. The highest BCUT2D eigenvalue weighted by Crippen LogP contribution is 2.26. The highest BCUT2D eigenvalue weighted by Gasteiger charge is 2.12. The SMILES string of the molecule is CC(=O)c1nc(-c2ccc[nH]2)c(C)s1. The number of carbonyl (C=O) groups is 1.